The van der Waals surface area contributed by atoms with Crippen LogP contribution >= 0.6 is 7.75 Å². The van der Waals surface area contributed by atoms with Gasteiger partial charge in [0.25, 0.3) is 5.85 Å². The van der Waals surface area contributed by atoms with Crippen LogP contribution in [-0.2, 0) is 18.6 Å². The van der Waals surface area contributed by atoms with Gasteiger partial charge in [-0.3, -0.25) is 13.9 Å². The van der Waals surface area contributed by atoms with E-state index in [9.17, 15) is 24.4 Å². The average molecular weight is 575 g/mol. The molecule has 0 bridgehead atoms. The van der Waals surface area contributed by atoms with E-state index in [1.54, 1.807) is 32.0 Å². The van der Waals surface area contributed by atoms with Crippen LogP contribution in [-0.4, -0.2) is 66.7 Å². The highest BCUT2D eigenvalue weighted by molar-refractivity contribution is 7.51. The minimum Gasteiger partial charge on any atom is -0.480 e. The summed E-state index contributed by atoms with van der Waals surface area (Å²) in [5.41, 5.74) is 1.52. The standard InChI is InChI=1S/C24H33F2N4O8P/c1-5-16(6-2)30(15(3)19(31)32)39(35,38-17-10-8-7-9-11-17)36-14-24(26)20(33)23(4,25)21(37-24)29-13-12-18(27)28-22(29)34/h7-13,15-16,20-21,33H,5-6,14H2,1-4H3,(H,31,32)(H2,27,28,34)/t15-,20-,21+,23+,24+,39+/m0/s1. The molecule has 1 aliphatic heterocycles. The number of aromatic nitrogens is 2. The fourth-order valence-electron chi connectivity index (χ4n) is 4.40. The van der Waals surface area contributed by atoms with Crippen molar-refractivity contribution >= 4 is 19.5 Å². The van der Waals surface area contributed by atoms with E-state index >= 15 is 8.78 Å². The number of carbonyl (C=O) groups is 1. The molecule has 6 atom stereocenters. The molecule has 1 aliphatic rings. The van der Waals surface area contributed by atoms with Gasteiger partial charge in [-0.1, -0.05) is 32.0 Å². The van der Waals surface area contributed by atoms with Crippen LogP contribution in [0.15, 0.2) is 47.4 Å². The third kappa shape index (κ3) is 6.15. The van der Waals surface area contributed by atoms with E-state index in [0.717, 1.165) is 23.9 Å². The van der Waals surface area contributed by atoms with Crippen molar-refractivity contribution < 1.29 is 42.1 Å². The Morgan fingerprint density at radius 3 is 2.44 bits per heavy atom. The van der Waals surface area contributed by atoms with Gasteiger partial charge in [0.2, 0.25) is 0 Å². The van der Waals surface area contributed by atoms with E-state index < -0.39 is 62.0 Å². The molecule has 2 heterocycles. The molecule has 39 heavy (non-hydrogen) atoms. The zero-order valence-corrected chi connectivity index (χ0v) is 22.8. The third-order valence-corrected chi connectivity index (χ3v) is 8.72. The number of carboxylic acid groups (broad SMARTS) is 1. The zero-order chi connectivity index (χ0) is 29.2. The number of anilines is 1. The van der Waals surface area contributed by atoms with Crippen molar-refractivity contribution in [1.82, 2.24) is 14.2 Å². The van der Waals surface area contributed by atoms with Crippen LogP contribution in [0.3, 0.4) is 0 Å². The van der Waals surface area contributed by atoms with E-state index in [1.807, 2.05) is 0 Å². The number of para-hydroxylation sites is 1. The summed E-state index contributed by atoms with van der Waals surface area (Å²) in [5.74, 6) is -4.82. The molecule has 3 rings (SSSR count). The van der Waals surface area contributed by atoms with E-state index in [2.05, 4.69) is 4.98 Å². The first-order chi connectivity index (χ1) is 18.2. The van der Waals surface area contributed by atoms with E-state index in [4.69, 9.17) is 19.5 Å². The Bertz CT molecular complexity index is 1260. The van der Waals surface area contributed by atoms with Gasteiger partial charge in [0.15, 0.2) is 18.0 Å². The van der Waals surface area contributed by atoms with Gasteiger partial charge >= 0.3 is 19.4 Å². The predicted molar refractivity (Wildman–Crippen MR) is 136 cm³/mol. The van der Waals surface area contributed by atoms with Crippen LogP contribution in [0.2, 0.25) is 0 Å². The Labute approximate surface area is 223 Å². The van der Waals surface area contributed by atoms with Gasteiger partial charge in [-0.25, -0.2) is 18.1 Å². The van der Waals surface area contributed by atoms with E-state index in [1.165, 1.54) is 19.1 Å². The highest BCUT2D eigenvalue weighted by Crippen LogP contribution is 2.57. The summed E-state index contributed by atoms with van der Waals surface area (Å²) in [5, 5.41) is 20.4. The Balaban J connectivity index is 2.01. The molecule has 216 valence electrons. The molecule has 15 heteroatoms. The van der Waals surface area contributed by atoms with Gasteiger partial charge in [-0.15, -0.1) is 0 Å². The van der Waals surface area contributed by atoms with Crippen molar-refractivity contribution in [3.05, 3.63) is 53.1 Å². The zero-order valence-electron chi connectivity index (χ0n) is 21.9. The molecule has 1 saturated heterocycles. The molecule has 1 aromatic carbocycles. The van der Waals surface area contributed by atoms with Gasteiger partial charge in [0.1, 0.15) is 24.2 Å². The number of halogens is 2. The topological polar surface area (TPSA) is 166 Å². The molecular weight excluding hydrogens is 541 g/mol. The predicted octanol–water partition coefficient (Wildman–Crippen LogP) is 3.28. The maximum atomic E-state index is 16.1. The van der Waals surface area contributed by atoms with E-state index in [-0.39, 0.29) is 11.6 Å². The molecule has 1 fully saturated rings. The first kappa shape index (κ1) is 30.6. The molecule has 12 nitrogen and oxygen atoms in total. The van der Waals surface area contributed by atoms with Crippen LogP contribution in [0.1, 0.15) is 46.8 Å². The molecule has 0 unspecified atom stereocenters. The number of benzene rings is 1. The highest BCUT2D eigenvalue weighted by Gasteiger charge is 2.65. The summed E-state index contributed by atoms with van der Waals surface area (Å²) in [6, 6.07) is 6.78. The summed E-state index contributed by atoms with van der Waals surface area (Å²) in [6.45, 7) is 4.22. The SMILES string of the molecule is CCC(CC)N([C@@H](C)C(=O)O)[P@@](=O)(OC[C@@]1(F)O[C@@H](n2ccc(N)nc2=O)[C@](C)(F)[C@@H]1O)Oc1ccccc1. The van der Waals surface area contributed by atoms with Gasteiger partial charge in [-0.2, -0.15) is 9.65 Å². The second-order valence-electron chi connectivity index (χ2n) is 9.36. The van der Waals surface area contributed by atoms with Crippen molar-refractivity contribution in [3.8, 4) is 5.75 Å². The second kappa shape index (κ2) is 11.7. The number of alkyl halides is 2. The summed E-state index contributed by atoms with van der Waals surface area (Å²) >= 11 is 0. The number of aliphatic hydroxyl groups is 1. The van der Waals surface area contributed by atoms with Gasteiger partial charge in [0, 0.05) is 12.2 Å². The summed E-state index contributed by atoms with van der Waals surface area (Å²) in [7, 11) is -4.72. The number of aliphatic hydroxyl groups excluding tert-OH is 1. The molecule has 1 aromatic heterocycles. The van der Waals surface area contributed by atoms with Crippen LogP contribution in [0.4, 0.5) is 14.6 Å². The molecular formula is C24H33F2N4O8P. The maximum absolute atomic E-state index is 16.1. The lowest BCUT2D eigenvalue weighted by Gasteiger charge is -2.38. The largest absolute Gasteiger partial charge is 0.480 e. The molecule has 2 aromatic rings. The molecule has 0 aliphatic carbocycles. The van der Waals surface area contributed by atoms with Crippen molar-refractivity contribution in [2.24, 2.45) is 0 Å². The highest BCUT2D eigenvalue weighted by atomic mass is 31.2. The molecule has 0 saturated carbocycles. The Morgan fingerprint density at radius 1 is 1.28 bits per heavy atom. The van der Waals surface area contributed by atoms with Gasteiger partial charge < -0.3 is 25.2 Å². The first-order valence-corrected chi connectivity index (χ1v) is 13.8. The molecule has 0 radical (unpaired) electrons. The number of nitrogen functional groups attached to an aromatic ring is 1. The van der Waals surface area contributed by atoms with Crippen molar-refractivity contribution in [2.75, 3.05) is 12.3 Å². The summed E-state index contributed by atoms with van der Waals surface area (Å²) in [6.07, 6.45) is -2.83. The van der Waals surface area contributed by atoms with E-state index in [0.29, 0.717) is 17.4 Å². The third-order valence-electron chi connectivity index (χ3n) is 6.58. The number of aliphatic carboxylic acids is 1. The average Bonchev–Trinajstić information content (AvgIpc) is 3.06. The lowest BCUT2D eigenvalue weighted by Crippen LogP contribution is -2.48. The van der Waals surface area contributed by atoms with Crippen LogP contribution in [0, 0.1) is 0 Å². The lowest BCUT2D eigenvalue weighted by atomic mass is 9.97. The molecule has 4 N–H and O–H groups in total. The minimum absolute atomic E-state index is 0.0304. The second-order valence-corrected chi connectivity index (χ2v) is 11.2. The van der Waals surface area contributed by atoms with Crippen molar-refractivity contribution in [1.29, 1.82) is 0 Å². The van der Waals surface area contributed by atoms with Gasteiger partial charge in [-0.05, 0) is 44.9 Å². The van der Waals surface area contributed by atoms with Gasteiger partial charge in [0.05, 0.1) is 0 Å². The molecule has 0 spiro atoms. The van der Waals surface area contributed by atoms with Crippen molar-refractivity contribution in [3.63, 3.8) is 0 Å². The number of nitrogens with two attached hydrogens (primary N) is 1. The Kier molecular flexibility index (Phi) is 9.18. The quantitative estimate of drug-likeness (QED) is 0.318. The fourth-order valence-corrected chi connectivity index (χ4v) is 6.65. The molecule has 0 amide bonds. The van der Waals surface area contributed by atoms with Crippen LogP contribution < -0.4 is 15.9 Å². The number of nitrogens with zero attached hydrogens (tertiary/aromatic N) is 3. The normalized spacial score (nSPS) is 27.4. The van der Waals surface area contributed by atoms with Crippen LogP contribution in [0.25, 0.3) is 0 Å². The lowest BCUT2D eigenvalue weighted by molar-refractivity contribution is -0.204. The monoisotopic (exact) mass is 574 g/mol. The summed E-state index contributed by atoms with van der Waals surface area (Å²) in [4.78, 5) is 27.7. The number of ether oxygens (including phenoxy) is 1. The maximum Gasteiger partial charge on any atom is 0.462 e. The summed E-state index contributed by atoms with van der Waals surface area (Å²) < 4.78 is 64.0. The minimum atomic E-state index is -4.72. The Hall–Kier alpha value is -2.90. The first-order valence-electron chi connectivity index (χ1n) is 12.3. The van der Waals surface area contributed by atoms with Crippen molar-refractivity contribution in [2.45, 2.75) is 76.5 Å². The van der Waals surface area contributed by atoms with Crippen LogP contribution in [0.5, 0.6) is 5.75 Å². The number of carboxylic acids is 1. The number of hydrogen-bond donors (Lipinski definition) is 3. The Morgan fingerprint density at radius 2 is 1.90 bits per heavy atom. The number of hydrogen-bond acceptors (Lipinski definition) is 9. The fraction of sp³-hybridized carbons (Fsp3) is 0.542. The number of rotatable bonds is 12. The smallest absolute Gasteiger partial charge is 0.462 e.